The molecule has 0 saturated heterocycles. The Hall–Kier alpha value is -1.03. The first kappa shape index (κ1) is 9.06. The van der Waals surface area contributed by atoms with Crippen molar-refractivity contribution in [1.82, 2.24) is 0 Å². The van der Waals surface area contributed by atoms with Crippen LogP contribution in [-0.2, 0) is 5.11 Å². The monoisotopic (exact) mass is 185 g/mol. The predicted molar refractivity (Wildman–Crippen MR) is 46.9 cm³/mol. The van der Waals surface area contributed by atoms with Gasteiger partial charge in [-0.1, -0.05) is 0 Å². The van der Waals surface area contributed by atoms with Crippen LogP contribution in [0.3, 0.4) is 0 Å². The first-order valence-corrected chi connectivity index (χ1v) is 3.75. The lowest BCUT2D eigenvalue weighted by Gasteiger charge is -2.07. The number of methoxy groups -OCH3 is 2. The van der Waals surface area contributed by atoms with Crippen molar-refractivity contribution in [2.24, 2.45) is 0 Å². The summed E-state index contributed by atoms with van der Waals surface area (Å²) in [5.74, 6) is 0.715. The molecule has 1 radical (unpaired) electrons. The summed E-state index contributed by atoms with van der Waals surface area (Å²) in [4.78, 5) is 0.541. The van der Waals surface area contributed by atoms with Crippen LogP contribution in [0, 0.1) is 0 Å². The smallest absolute Gasteiger partial charge is 0.186 e. The van der Waals surface area contributed by atoms with Gasteiger partial charge in [-0.25, -0.2) is 0 Å². The predicted octanol–water partition coefficient (Wildman–Crippen LogP) is 2.14. The zero-order chi connectivity index (χ0) is 9.14. The molecule has 0 bridgehead atoms. The maximum Gasteiger partial charge on any atom is 0.186 e. The van der Waals surface area contributed by atoms with Gasteiger partial charge in [0.15, 0.2) is 5.75 Å². The molecule has 0 atom stereocenters. The van der Waals surface area contributed by atoms with E-state index in [1.807, 2.05) is 0 Å². The molecule has 1 rings (SSSR count). The van der Waals surface area contributed by atoms with E-state index in [9.17, 15) is 5.11 Å². The van der Waals surface area contributed by atoms with Gasteiger partial charge in [0, 0.05) is 12.1 Å². The molecule has 0 spiro atoms. The van der Waals surface area contributed by atoms with Crippen molar-refractivity contribution in [3.05, 3.63) is 12.1 Å². The van der Waals surface area contributed by atoms with Crippen LogP contribution in [0.5, 0.6) is 17.2 Å². The van der Waals surface area contributed by atoms with Gasteiger partial charge in [0.2, 0.25) is 0 Å². The van der Waals surface area contributed by atoms with Crippen molar-refractivity contribution in [3.8, 4) is 17.2 Å². The van der Waals surface area contributed by atoms with E-state index >= 15 is 0 Å². The molecule has 0 amide bonds. The molecule has 3 nitrogen and oxygen atoms in total. The number of thiol groups is 1. The van der Waals surface area contributed by atoms with E-state index in [0.717, 1.165) is 0 Å². The first-order valence-electron chi connectivity index (χ1n) is 3.31. The summed E-state index contributed by atoms with van der Waals surface area (Å²) in [6, 6.07) is 2.73. The Kier molecular flexibility index (Phi) is 2.70. The van der Waals surface area contributed by atoms with Gasteiger partial charge in [-0.15, -0.1) is 12.6 Å². The number of benzene rings is 1. The van der Waals surface area contributed by atoms with Crippen LogP contribution in [0.25, 0.3) is 0 Å². The molecule has 0 fully saturated rings. The average molecular weight is 185 g/mol. The van der Waals surface area contributed by atoms with E-state index in [4.69, 9.17) is 9.47 Å². The summed E-state index contributed by atoms with van der Waals surface area (Å²) < 4.78 is 9.82. The van der Waals surface area contributed by atoms with Crippen LogP contribution in [0.4, 0.5) is 0 Å². The molecule has 0 aliphatic carbocycles. The van der Waals surface area contributed by atoms with Crippen molar-refractivity contribution in [3.63, 3.8) is 0 Å². The van der Waals surface area contributed by atoms with Gasteiger partial charge in [0.25, 0.3) is 0 Å². The van der Waals surface area contributed by atoms with E-state index in [-0.39, 0.29) is 5.75 Å². The summed E-state index contributed by atoms with van der Waals surface area (Å²) >= 11 is 4.13. The maximum atomic E-state index is 11.0. The third-order valence-electron chi connectivity index (χ3n) is 1.45. The second-order valence-corrected chi connectivity index (χ2v) is 2.62. The lowest BCUT2D eigenvalue weighted by molar-refractivity contribution is 0.334. The van der Waals surface area contributed by atoms with Crippen LogP contribution in [0.1, 0.15) is 0 Å². The van der Waals surface area contributed by atoms with Gasteiger partial charge in [-0.3, -0.25) is 5.11 Å². The zero-order valence-corrected chi connectivity index (χ0v) is 7.72. The Morgan fingerprint density at radius 2 is 1.58 bits per heavy atom. The first-order chi connectivity index (χ1) is 5.69. The molecule has 4 heteroatoms. The Morgan fingerprint density at radius 3 is 1.92 bits per heavy atom. The van der Waals surface area contributed by atoms with E-state index in [2.05, 4.69) is 12.6 Å². The molecule has 12 heavy (non-hydrogen) atoms. The number of rotatable bonds is 2. The molecule has 0 unspecified atom stereocenters. The van der Waals surface area contributed by atoms with Gasteiger partial charge >= 0.3 is 0 Å². The Morgan fingerprint density at radius 1 is 1.17 bits per heavy atom. The zero-order valence-electron chi connectivity index (χ0n) is 6.83. The molecular weight excluding hydrogens is 176 g/mol. The minimum absolute atomic E-state index is 0.151. The summed E-state index contributed by atoms with van der Waals surface area (Å²) in [6.45, 7) is 0. The number of hydrogen-bond donors (Lipinski definition) is 1. The average Bonchev–Trinajstić information content (AvgIpc) is 2.08. The lowest BCUT2D eigenvalue weighted by atomic mass is 10.3. The summed E-state index contributed by atoms with van der Waals surface area (Å²) in [5, 5.41) is 11.0. The highest BCUT2D eigenvalue weighted by Crippen LogP contribution is 2.36. The molecule has 0 aliphatic heterocycles. The van der Waals surface area contributed by atoms with Gasteiger partial charge < -0.3 is 9.47 Å². The largest absolute Gasteiger partial charge is 0.495 e. The van der Waals surface area contributed by atoms with Crippen molar-refractivity contribution >= 4 is 12.6 Å². The third kappa shape index (κ3) is 1.58. The van der Waals surface area contributed by atoms with E-state index in [1.54, 1.807) is 0 Å². The number of hydrogen-bond acceptors (Lipinski definition) is 3. The Bertz CT molecular complexity index is 261. The fraction of sp³-hybridized carbons (Fsp3) is 0.250. The lowest BCUT2D eigenvalue weighted by Crippen LogP contribution is -1.89. The van der Waals surface area contributed by atoms with Crippen molar-refractivity contribution < 1.29 is 14.6 Å². The molecular formula is C8H9O3S. The molecule has 0 aliphatic rings. The van der Waals surface area contributed by atoms with Crippen LogP contribution in [-0.4, -0.2) is 14.2 Å². The van der Waals surface area contributed by atoms with Crippen molar-refractivity contribution in [2.45, 2.75) is 4.90 Å². The minimum Gasteiger partial charge on any atom is -0.495 e. The van der Waals surface area contributed by atoms with Gasteiger partial charge in [-0.2, -0.15) is 0 Å². The standard InChI is InChI=1S/C8H9O3S/c1-10-6-3-5(9)4-7(11-2)8(6)12/h3-4,12H,1-2H3. The van der Waals surface area contributed by atoms with Crippen LogP contribution in [0.15, 0.2) is 17.0 Å². The molecule has 0 heterocycles. The number of ether oxygens (including phenoxy) is 2. The Labute approximate surface area is 76.3 Å². The van der Waals surface area contributed by atoms with E-state index in [0.29, 0.717) is 16.4 Å². The van der Waals surface area contributed by atoms with E-state index in [1.165, 1.54) is 26.4 Å². The fourth-order valence-electron chi connectivity index (χ4n) is 0.869. The van der Waals surface area contributed by atoms with Crippen LogP contribution in [0.2, 0.25) is 0 Å². The highest BCUT2D eigenvalue weighted by atomic mass is 32.1. The molecule has 1 aromatic rings. The van der Waals surface area contributed by atoms with Crippen molar-refractivity contribution in [2.75, 3.05) is 14.2 Å². The molecule has 0 aromatic heterocycles. The summed E-state index contributed by atoms with van der Waals surface area (Å²) in [6.07, 6.45) is 0. The molecule has 0 saturated carbocycles. The highest BCUT2D eigenvalue weighted by molar-refractivity contribution is 7.80. The second-order valence-electron chi connectivity index (χ2n) is 2.18. The van der Waals surface area contributed by atoms with Crippen LogP contribution < -0.4 is 9.47 Å². The molecule has 65 valence electrons. The van der Waals surface area contributed by atoms with Gasteiger partial charge in [0.05, 0.1) is 19.1 Å². The topological polar surface area (TPSA) is 38.4 Å². The minimum atomic E-state index is -0.151. The quantitative estimate of drug-likeness (QED) is 0.717. The second kappa shape index (κ2) is 3.58. The van der Waals surface area contributed by atoms with Crippen LogP contribution >= 0.6 is 12.6 Å². The van der Waals surface area contributed by atoms with Crippen molar-refractivity contribution in [1.29, 1.82) is 0 Å². The van der Waals surface area contributed by atoms with E-state index < -0.39 is 0 Å². The molecule has 0 N–H and O–H groups in total. The van der Waals surface area contributed by atoms with Gasteiger partial charge in [0.1, 0.15) is 11.5 Å². The fourth-order valence-corrected chi connectivity index (χ4v) is 1.18. The molecule has 1 aromatic carbocycles. The summed E-state index contributed by atoms with van der Waals surface area (Å²) in [7, 11) is 2.96. The summed E-state index contributed by atoms with van der Waals surface area (Å²) in [5.41, 5.74) is 0. The Balaban J connectivity index is 3.22. The highest BCUT2D eigenvalue weighted by Gasteiger charge is 2.08. The SMILES string of the molecule is COc1cc([O])cc(OC)c1S. The third-order valence-corrected chi connectivity index (χ3v) is 1.89. The maximum absolute atomic E-state index is 11.0. The van der Waals surface area contributed by atoms with Gasteiger partial charge in [-0.05, 0) is 0 Å². The normalized spacial score (nSPS) is 9.58.